The van der Waals surface area contributed by atoms with Crippen LogP contribution >= 0.6 is 12.2 Å². The smallest absolute Gasteiger partial charge is 0.170 e. The number of ether oxygens (including phenoxy) is 2. The molecule has 0 bridgehead atoms. The predicted molar refractivity (Wildman–Crippen MR) is 103 cm³/mol. The second kappa shape index (κ2) is 8.55. The molecule has 0 spiro atoms. The summed E-state index contributed by atoms with van der Waals surface area (Å²) in [7, 11) is 3.28. The molecule has 2 N–H and O–H groups in total. The van der Waals surface area contributed by atoms with Crippen LogP contribution in [0.1, 0.15) is 16.7 Å². The summed E-state index contributed by atoms with van der Waals surface area (Å²) in [6.45, 7) is 4.88. The first kappa shape index (κ1) is 18.1. The van der Waals surface area contributed by atoms with Crippen molar-refractivity contribution in [3.63, 3.8) is 0 Å². The van der Waals surface area contributed by atoms with E-state index in [2.05, 4.69) is 36.6 Å². The zero-order valence-electron chi connectivity index (χ0n) is 14.6. The molecule has 0 saturated carbocycles. The number of hydrogen-bond acceptors (Lipinski definition) is 3. The highest BCUT2D eigenvalue weighted by molar-refractivity contribution is 7.80. The van der Waals surface area contributed by atoms with E-state index in [-0.39, 0.29) is 0 Å². The van der Waals surface area contributed by atoms with Crippen molar-refractivity contribution in [3.8, 4) is 11.5 Å². The number of para-hydroxylation sites is 1. The molecule has 0 atom stereocenters. The molecule has 0 saturated heterocycles. The summed E-state index contributed by atoms with van der Waals surface area (Å²) >= 11 is 5.39. The predicted octanol–water partition coefficient (Wildman–Crippen LogP) is 3.85. The molecule has 2 aromatic carbocycles. The van der Waals surface area contributed by atoms with Crippen molar-refractivity contribution >= 4 is 23.0 Å². The maximum Gasteiger partial charge on any atom is 0.170 e. The zero-order valence-corrected chi connectivity index (χ0v) is 15.4. The largest absolute Gasteiger partial charge is 0.493 e. The molecule has 0 fully saturated rings. The lowest BCUT2D eigenvalue weighted by Crippen LogP contribution is -2.30. The Hall–Kier alpha value is -2.27. The molecule has 0 unspecified atom stereocenters. The van der Waals surface area contributed by atoms with Gasteiger partial charge in [0.2, 0.25) is 0 Å². The van der Waals surface area contributed by atoms with Crippen molar-refractivity contribution in [2.24, 2.45) is 0 Å². The van der Waals surface area contributed by atoms with Crippen LogP contribution in [-0.4, -0.2) is 25.9 Å². The molecule has 0 aliphatic rings. The van der Waals surface area contributed by atoms with Gasteiger partial charge >= 0.3 is 0 Å². The minimum absolute atomic E-state index is 0.632. The van der Waals surface area contributed by atoms with Gasteiger partial charge in [0.05, 0.1) is 14.2 Å². The molecule has 2 aromatic rings. The van der Waals surface area contributed by atoms with Crippen molar-refractivity contribution in [3.05, 3.63) is 53.1 Å². The second-order valence-corrected chi connectivity index (χ2v) is 6.00. The van der Waals surface area contributed by atoms with E-state index >= 15 is 0 Å². The van der Waals surface area contributed by atoms with Crippen molar-refractivity contribution in [2.45, 2.75) is 20.3 Å². The highest BCUT2D eigenvalue weighted by Crippen LogP contribution is 2.27. The van der Waals surface area contributed by atoms with E-state index in [0.29, 0.717) is 5.11 Å². The Morgan fingerprint density at radius 1 is 1.00 bits per heavy atom. The number of anilines is 1. The third kappa shape index (κ3) is 4.61. The molecular weight excluding hydrogens is 320 g/mol. The Bertz CT molecular complexity index is 696. The van der Waals surface area contributed by atoms with Crippen LogP contribution in [0.2, 0.25) is 0 Å². The summed E-state index contributed by atoms with van der Waals surface area (Å²) in [4.78, 5) is 0. The van der Waals surface area contributed by atoms with E-state index in [9.17, 15) is 0 Å². The van der Waals surface area contributed by atoms with Gasteiger partial charge in [0, 0.05) is 12.2 Å². The molecule has 0 aliphatic carbocycles. The minimum Gasteiger partial charge on any atom is -0.493 e. The Kier molecular flexibility index (Phi) is 6.44. The van der Waals surface area contributed by atoms with Gasteiger partial charge in [-0.05, 0) is 61.3 Å². The highest BCUT2D eigenvalue weighted by Gasteiger charge is 2.06. The van der Waals surface area contributed by atoms with Crippen LogP contribution < -0.4 is 20.1 Å². The molecule has 0 heterocycles. The van der Waals surface area contributed by atoms with Gasteiger partial charge < -0.3 is 20.1 Å². The van der Waals surface area contributed by atoms with Crippen molar-refractivity contribution in [1.82, 2.24) is 5.32 Å². The number of methoxy groups -OCH3 is 2. The summed E-state index contributed by atoms with van der Waals surface area (Å²) in [6, 6.07) is 12.1. The number of aryl methyl sites for hydroxylation is 2. The van der Waals surface area contributed by atoms with Crippen LogP contribution in [-0.2, 0) is 6.42 Å². The van der Waals surface area contributed by atoms with Crippen LogP contribution in [0, 0.1) is 13.8 Å². The number of hydrogen-bond donors (Lipinski definition) is 2. The Labute approximate surface area is 149 Å². The van der Waals surface area contributed by atoms with Crippen LogP contribution in [0.5, 0.6) is 11.5 Å². The lowest BCUT2D eigenvalue weighted by molar-refractivity contribution is 0.354. The van der Waals surface area contributed by atoms with Crippen LogP contribution in [0.25, 0.3) is 0 Å². The van der Waals surface area contributed by atoms with Crippen LogP contribution in [0.4, 0.5) is 5.69 Å². The summed E-state index contributed by atoms with van der Waals surface area (Å²) in [5, 5.41) is 7.16. The molecule has 0 amide bonds. The minimum atomic E-state index is 0.632. The monoisotopic (exact) mass is 344 g/mol. The summed E-state index contributed by atoms with van der Waals surface area (Å²) in [5.41, 5.74) is 4.59. The van der Waals surface area contributed by atoms with Crippen molar-refractivity contribution < 1.29 is 9.47 Å². The molecular formula is C19H24N2O2S. The van der Waals surface area contributed by atoms with Gasteiger partial charge in [0.1, 0.15) is 0 Å². The van der Waals surface area contributed by atoms with E-state index in [1.807, 2.05) is 24.3 Å². The average Bonchev–Trinajstić information content (AvgIpc) is 2.58. The maximum absolute atomic E-state index is 5.39. The van der Waals surface area contributed by atoms with E-state index in [1.165, 1.54) is 11.1 Å². The molecule has 0 aliphatic heterocycles. The topological polar surface area (TPSA) is 42.5 Å². The molecule has 5 heteroatoms. The number of rotatable bonds is 6. The van der Waals surface area contributed by atoms with Gasteiger partial charge in [0.25, 0.3) is 0 Å². The average molecular weight is 344 g/mol. The van der Waals surface area contributed by atoms with E-state index in [4.69, 9.17) is 21.7 Å². The fourth-order valence-corrected chi connectivity index (χ4v) is 2.73. The quantitative estimate of drug-likeness (QED) is 0.779. The van der Waals surface area contributed by atoms with Gasteiger partial charge in [-0.1, -0.05) is 24.3 Å². The molecule has 24 heavy (non-hydrogen) atoms. The summed E-state index contributed by atoms with van der Waals surface area (Å²) in [6.07, 6.45) is 0.842. The number of thiocarbonyl (C=S) groups is 1. The highest BCUT2D eigenvalue weighted by atomic mass is 32.1. The SMILES string of the molecule is COc1ccc(CCNC(=S)Nc2c(C)cccc2C)cc1OC. The van der Waals surface area contributed by atoms with Gasteiger partial charge in [-0.25, -0.2) is 0 Å². The van der Waals surface area contributed by atoms with Gasteiger partial charge in [-0.2, -0.15) is 0 Å². The van der Waals surface area contributed by atoms with Crippen LogP contribution in [0.15, 0.2) is 36.4 Å². The first-order valence-corrected chi connectivity index (χ1v) is 8.28. The molecule has 4 nitrogen and oxygen atoms in total. The third-order valence-corrected chi connectivity index (χ3v) is 4.11. The standard InChI is InChI=1S/C19H24N2O2S/c1-13-6-5-7-14(2)18(13)21-19(24)20-11-10-15-8-9-16(22-3)17(12-15)23-4/h5-9,12H,10-11H2,1-4H3,(H2,20,21,24). The fourth-order valence-electron chi connectivity index (χ4n) is 2.53. The van der Waals surface area contributed by atoms with Gasteiger partial charge in [-0.15, -0.1) is 0 Å². The number of nitrogens with one attached hydrogen (secondary N) is 2. The number of benzene rings is 2. The third-order valence-electron chi connectivity index (χ3n) is 3.87. The summed E-state index contributed by atoms with van der Waals surface area (Å²) in [5.74, 6) is 1.48. The fraction of sp³-hybridized carbons (Fsp3) is 0.316. The molecule has 0 aromatic heterocycles. The molecule has 2 rings (SSSR count). The zero-order chi connectivity index (χ0) is 17.5. The van der Waals surface area contributed by atoms with Crippen molar-refractivity contribution in [1.29, 1.82) is 0 Å². The lowest BCUT2D eigenvalue weighted by Gasteiger charge is -2.15. The van der Waals surface area contributed by atoms with Gasteiger partial charge in [-0.3, -0.25) is 0 Å². The second-order valence-electron chi connectivity index (χ2n) is 5.59. The first-order valence-electron chi connectivity index (χ1n) is 7.87. The molecule has 0 radical (unpaired) electrons. The summed E-state index contributed by atoms with van der Waals surface area (Å²) < 4.78 is 10.6. The molecule has 128 valence electrons. The van der Waals surface area contributed by atoms with Crippen LogP contribution in [0.3, 0.4) is 0 Å². The van der Waals surface area contributed by atoms with Gasteiger partial charge in [0.15, 0.2) is 16.6 Å². The normalized spacial score (nSPS) is 10.2. The lowest BCUT2D eigenvalue weighted by atomic mass is 10.1. The maximum atomic E-state index is 5.39. The Balaban J connectivity index is 1.89. The Morgan fingerprint density at radius 3 is 2.29 bits per heavy atom. The Morgan fingerprint density at radius 2 is 1.67 bits per heavy atom. The van der Waals surface area contributed by atoms with E-state index in [0.717, 1.165) is 35.7 Å². The first-order chi connectivity index (χ1) is 11.5. The van der Waals surface area contributed by atoms with Crippen molar-refractivity contribution in [2.75, 3.05) is 26.1 Å². The van der Waals surface area contributed by atoms with E-state index < -0.39 is 0 Å². The van der Waals surface area contributed by atoms with E-state index in [1.54, 1.807) is 14.2 Å².